The van der Waals surface area contributed by atoms with E-state index in [9.17, 15) is 4.79 Å². The molecule has 29 heavy (non-hydrogen) atoms. The maximum atomic E-state index is 12.3. The van der Waals surface area contributed by atoms with E-state index < -0.39 is 5.60 Å². The molecule has 1 aliphatic heterocycles. The first-order valence-corrected chi connectivity index (χ1v) is 10.3. The molecule has 8 heteroatoms. The number of likely N-dealkylation sites (tertiary alicyclic amines) is 1. The first-order chi connectivity index (χ1) is 13.8. The minimum Gasteiger partial charge on any atom is -0.489 e. The van der Waals surface area contributed by atoms with Gasteiger partial charge in [-0.05, 0) is 61.3 Å². The molecule has 1 unspecified atom stereocenters. The number of nitrogens with one attached hydrogen (secondary N) is 1. The molecule has 4 heterocycles. The van der Waals surface area contributed by atoms with Gasteiger partial charge in [-0.15, -0.1) is 0 Å². The third-order valence-electron chi connectivity index (χ3n) is 4.75. The SMILES string of the molecule is CC(C)(C)OC(=O)N1CCC1COc1cnccc1-c1[nH]c2cccnc2c1Br. The Morgan fingerprint density at radius 3 is 2.86 bits per heavy atom. The molecule has 1 N–H and O–H groups in total. The Kier molecular flexibility index (Phi) is 5.21. The van der Waals surface area contributed by atoms with Gasteiger partial charge in [-0.2, -0.15) is 0 Å². The van der Waals surface area contributed by atoms with E-state index in [2.05, 4.69) is 30.9 Å². The van der Waals surface area contributed by atoms with Crippen molar-refractivity contribution in [3.63, 3.8) is 0 Å². The molecule has 1 saturated heterocycles. The number of fused-ring (bicyclic) bond motifs is 1. The number of nitrogens with zero attached hydrogens (tertiary/aromatic N) is 3. The summed E-state index contributed by atoms with van der Waals surface area (Å²) in [6, 6.07) is 5.76. The van der Waals surface area contributed by atoms with E-state index in [4.69, 9.17) is 9.47 Å². The third-order valence-corrected chi connectivity index (χ3v) is 5.52. The number of H-pyrrole nitrogens is 1. The number of hydrogen-bond acceptors (Lipinski definition) is 5. The van der Waals surface area contributed by atoms with Crippen LogP contribution in [0.1, 0.15) is 27.2 Å². The summed E-state index contributed by atoms with van der Waals surface area (Å²) in [4.78, 5) is 26.0. The number of aromatic nitrogens is 3. The first kappa shape index (κ1) is 19.7. The molecule has 4 rings (SSSR count). The van der Waals surface area contributed by atoms with Crippen LogP contribution >= 0.6 is 15.9 Å². The van der Waals surface area contributed by atoms with Gasteiger partial charge in [0.05, 0.1) is 27.9 Å². The van der Waals surface area contributed by atoms with E-state index in [1.807, 2.05) is 39.0 Å². The summed E-state index contributed by atoms with van der Waals surface area (Å²) in [5.41, 5.74) is 3.05. The zero-order chi connectivity index (χ0) is 20.6. The second-order valence-corrected chi connectivity index (χ2v) is 8.81. The molecule has 0 radical (unpaired) electrons. The summed E-state index contributed by atoms with van der Waals surface area (Å²) in [7, 11) is 0. The van der Waals surface area contributed by atoms with Crippen molar-refractivity contribution in [3.05, 3.63) is 41.3 Å². The average molecular weight is 459 g/mol. The fraction of sp³-hybridized carbons (Fsp3) is 0.381. The quantitative estimate of drug-likeness (QED) is 0.608. The van der Waals surface area contributed by atoms with Crippen LogP contribution in [0.5, 0.6) is 5.75 Å². The van der Waals surface area contributed by atoms with Gasteiger partial charge in [-0.3, -0.25) is 9.97 Å². The number of halogens is 1. The molecule has 0 aliphatic carbocycles. The Balaban J connectivity index is 1.51. The Bertz CT molecular complexity index is 1040. The van der Waals surface area contributed by atoms with E-state index in [-0.39, 0.29) is 12.1 Å². The molecule has 1 fully saturated rings. The number of ether oxygens (including phenoxy) is 2. The zero-order valence-corrected chi connectivity index (χ0v) is 18.2. The summed E-state index contributed by atoms with van der Waals surface area (Å²) in [5, 5.41) is 0. The lowest BCUT2D eigenvalue weighted by atomic mass is 10.1. The second-order valence-electron chi connectivity index (χ2n) is 8.01. The van der Waals surface area contributed by atoms with Crippen LogP contribution in [0.2, 0.25) is 0 Å². The van der Waals surface area contributed by atoms with Gasteiger partial charge < -0.3 is 19.4 Å². The molecule has 1 aliphatic rings. The van der Waals surface area contributed by atoms with E-state index in [1.165, 1.54) is 0 Å². The number of rotatable bonds is 4. The van der Waals surface area contributed by atoms with Crippen molar-refractivity contribution in [2.24, 2.45) is 0 Å². The van der Waals surface area contributed by atoms with Gasteiger partial charge in [0.2, 0.25) is 0 Å². The highest BCUT2D eigenvalue weighted by atomic mass is 79.9. The van der Waals surface area contributed by atoms with E-state index in [1.54, 1.807) is 23.5 Å². The highest BCUT2D eigenvalue weighted by Crippen LogP contribution is 2.38. The molecule has 0 bridgehead atoms. The highest BCUT2D eigenvalue weighted by molar-refractivity contribution is 9.10. The lowest BCUT2D eigenvalue weighted by Gasteiger charge is -2.41. The molecule has 1 atom stereocenters. The van der Waals surface area contributed by atoms with Crippen LogP contribution in [-0.4, -0.2) is 50.7 Å². The molecular weight excluding hydrogens is 436 g/mol. The van der Waals surface area contributed by atoms with Crippen LogP contribution in [0.25, 0.3) is 22.3 Å². The average Bonchev–Trinajstić information content (AvgIpc) is 2.97. The lowest BCUT2D eigenvalue weighted by molar-refractivity contribution is -0.0141. The minimum absolute atomic E-state index is 0.00859. The monoisotopic (exact) mass is 458 g/mol. The maximum Gasteiger partial charge on any atom is 0.410 e. The maximum absolute atomic E-state index is 12.3. The smallest absolute Gasteiger partial charge is 0.410 e. The van der Waals surface area contributed by atoms with Crippen molar-refractivity contribution < 1.29 is 14.3 Å². The summed E-state index contributed by atoms with van der Waals surface area (Å²) >= 11 is 3.64. The fourth-order valence-corrected chi connectivity index (χ4v) is 3.87. The standard InChI is InChI=1S/C21H23BrN4O3/c1-21(2,3)29-20(27)26-10-7-13(26)12-28-16-11-23-9-6-14(16)18-17(22)19-15(25-18)5-4-8-24-19/h4-6,8-9,11,13,25H,7,10,12H2,1-3H3. The van der Waals surface area contributed by atoms with Gasteiger partial charge >= 0.3 is 6.09 Å². The van der Waals surface area contributed by atoms with Crippen molar-refractivity contribution in [1.82, 2.24) is 19.9 Å². The van der Waals surface area contributed by atoms with Crippen molar-refractivity contribution in [1.29, 1.82) is 0 Å². The molecule has 1 amide bonds. The topological polar surface area (TPSA) is 80.3 Å². The second kappa shape index (κ2) is 7.67. The summed E-state index contributed by atoms with van der Waals surface area (Å²) in [6.07, 6.45) is 5.76. The third kappa shape index (κ3) is 4.07. The Labute approximate surface area is 177 Å². The van der Waals surface area contributed by atoms with E-state index in [0.717, 1.165) is 33.2 Å². The number of hydrogen-bond donors (Lipinski definition) is 1. The van der Waals surface area contributed by atoms with Gasteiger partial charge in [0.25, 0.3) is 0 Å². The Morgan fingerprint density at radius 1 is 1.34 bits per heavy atom. The van der Waals surface area contributed by atoms with Gasteiger partial charge in [0.15, 0.2) is 0 Å². The number of amides is 1. The van der Waals surface area contributed by atoms with Crippen molar-refractivity contribution >= 4 is 33.1 Å². The zero-order valence-electron chi connectivity index (χ0n) is 16.6. The van der Waals surface area contributed by atoms with Crippen LogP contribution in [-0.2, 0) is 4.74 Å². The Hall–Kier alpha value is -2.61. The van der Waals surface area contributed by atoms with Gasteiger partial charge in [0, 0.05) is 24.5 Å². The van der Waals surface area contributed by atoms with Gasteiger partial charge in [-0.25, -0.2) is 4.79 Å². The van der Waals surface area contributed by atoms with E-state index >= 15 is 0 Å². The van der Waals surface area contributed by atoms with Crippen molar-refractivity contribution in [2.45, 2.75) is 38.8 Å². The molecule has 0 saturated carbocycles. The summed E-state index contributed by atoms with van der Waals surface area (Å²) < 4.78 is 12.4. The molecule has 7 nitrogen and oxygen atoms in total. The van der Waals surface area contributed by atoms with Crippen LogP contribution in [0, 0.1) is 0 Å². The predicted molar refractivity (Wildman–Crippen MR) is 114 cm³/mol. The number of aromatic amines is 1. The fourth-order valence-electron chi connectivity index (χ4n) is 3.24. The molecule has 152 valence electrons. The predicted octanol–water partition coefficient (Wildman–Crippen LogP) is 4.78. The molecule has 0 spiro atoms. The molecular formula is C21H23BrN4O3. The van der Waals surface area contributed by atoms with E-state index in [0.29, 0.717) is 18.9 Å². The molecule has 3 aromatic heterocycles. The van der Waals surface area contributed by atoms with Crippen LogP contribution < -0.4 is 4.74 Å². The van der Waals surface area contributed by atoms with Gasteiger partial charge in [0.1, 0.15) is 23.5 Å². The van der Waals surface area contributed by atoms with Crippen molar-refractivity contribution in [2.75, 3.05) is 13.2 Å². The molecule has 3 aromatic rings. The number of pyridine rings is 2. The van der Waals surface area contributed by atoms with Crippen LogP contribution in [0.3, 0.4) is 0 Å². The normalized spacial score (nSPS) is 16.6. The lowest BCUT2D eigenvalue weighted by Crippen LogP contribution is -2.55. The number of carbonyl (C=O) groups excluding carboxylic acids is 1. The molecule has 0 aromatic carbocycles. The van der Waals surface area contributed by atoms with Crippen LogP contribution in [0.4, 0.5) is 4.79 Å². The minimum atomic E-state index is -0.509. The summed E-state index contributed by atoms with van der Waals surface area (Å²) in [6.45, 7) is 6.66. The summed E-state index contributed by atoms with van der Waals surface area (Å²) in [5.74, 6) is 0.649. The first-order valence-electron chi connectivity index (χ1n) is 9.52. The van der Waals surface area contributed by atoms with Gasteiger partial charge in [-0.1, -0.05) is 0 Å². The van der Waals surface area contributed by atoms with Crippen molar-refractivity contribution in [3.8, 4) is 17.0 Å². The number of carbonyl (C=O) groups is 1. The Morgan fingerprint density at radius 2 is 2.17 bits per heavy atom. The highest BCUT2D eigenvalue weighted by Gasteiger charge is 2.35. The largest absolute Gasteiger partial charge is 0.489 e. The van der Waals surface area contributed by atoms with Crippen LogP contribution in [0.15, 0.2) is 41.3 Å².